The fourth-order valence-electron chi connectivity index (χ4n) is 1.68. The quantitative estimate of drug-likeness (QED) is 0.752. The Morgan fingerprint density at radius 1 is 1.53 bits per heavy atom. The van der Waals surface area contributed by atoms with Gasteiger partial charge in [-0.15, -0.1) is 0 Å². The molecule has 0 heterocycles. The third kappa shape index (κ3) is 2.23. The zero-order chi connectivity index (χ0) is 13.1. The Kier molecular flexibility index (Phi) is 3.72. The van der Waals surface area contributed by atoms with Gasteiger partial charge in [0.05, 0.1) is 18.7 Å². The van der Waals surface area contributed by atoms with Crippen LogP contribution in [0.15, 0.2) is 23.8 Å². The Hall–Kier alpha value is -1.63. The Bertz CT molecular complexity index is 548. The first kappa shape index (κ1) is 13.4. The van der Waals surface area contributed by atoms with Gasteiger partial charge in [-0.1, -0.05) is 19.1 Å². The predicted octanol–water partition coefficient (Wildman–Crippen LogP) is 0.844. The predicted molar refractivity (Wildman–Crippen MR) is 62.9 cm³/mol. The number of nitrogens with zero attached hydrogens (tertiary/aromatic N) is 2. The molecule has 0 saturated heterocycles. The van der Waals surface area contributed by atoms with Gasteiger partial charge >= 0.3 is 0 Å². The Morgan fingerprint density at radius 2 is 2.18 bits per heavy atom. The molecular formula is C11H13N3O2S. The highest BCUT2D eigenvalue weighted by Gasteiger charge is 2.44. The summed E-state index contributed by atoms with van der Waals surface area (Å²) in [6, 6.07) is 3.72. The van der Waals surface area contributed by atoms with Crippen molar-refractivity contribution in [2.75, 3.05) is 6.54 Å². The fraction of sp³-hybridized carbons (Fsp3) is 0.455. The second-order valence-electron chi connectivity index (χ2n) is 3.98. The van der Waals surface area contributed by atoms with E-state index in [-0.39, 0.29) is 6.54 Å². The van der Waals surface area contributed by atoms with Gasteiger partial charge < -0.3 is 0 Å². The molecule has 1 rings (SSSR count). The molecule has 1 N–H and O–H groups in total. The molecule has 0 bridgehead atoms. The van der Waals surface area contributed by atoms with E-state index in [0.717, 1.165) is 0 Å². The zero-order valence-electron chi connectivity index (χ0n) is 9.64. The standard InChI is InChI=1S/C11H13N3O2S/c1-9-10(8-13)4-3-5-11(9,2)17(15,16)14-7-6-12/h3-5,9,14H,7H2,1-2H3. The molecule has 90 valence electrons. The Labute approximate surface area is 101 Å². The second kappa shape index (κ2) is 4.70. The van der Waals surface area contributed by atoms with Gasteiger partial charge in [0.2, 0.25) is 10.0 Å². The summed E-state index contributed by atoms with van der Waals surface area (Å²) in [5, 5.41) is 17.3. The Morgan fingerprint density at radius 3 is 2.71 bits per heavy atom. The highest BCUT2D eigenvalue weighted by atomic mass is 32.2. The van der Waals surface area contributed by atoms with Crippen LogP contribution in [0.5, 0.6) is 0 Å². The van der Waals surface area contributed by atoms with E-state index in [2.05, 4.69) is 4.72 Å². The number of allylic oxidation sites excluding steroid dienone is 3. The molecule has 6 heteroatoms. The van der Waals surface area contributed by atoms with Gasteiger partial charge in [0.15, 0.2) is 0 Å². The normalized spacial score (nSPS) is 28.0. The molecule has 1 aliphatic rings. The maximum atomic E-state index is 12.1. The zero-order valence-corrected chi connectivity index (χ0v) is 10.5. The monoisotopic (exact) mass is 251 g/mol. The number of hydrogen-bond acceptors (Lipinski definition) is 4. The van der Waals surface area contributed by atoms with E-state index < -0.39 is 20.7 Å². The van der Waals surface area contributed by atoms with E-state index >= 15 is 0 Å². The van der Waals surface area contributed by atoms with Crippen LogP contribution in [0.4, 0.5) is 0 Å². The summed E-state index contributed by atoms with van der Waals surface area (Å²) in [5.74, 6) is -0.450. The minimum atomic E-state index is -3.69. The summed E-state index contributed by atoms with van der Waals surface area (Å²) < 4.78 is 25.2. The summed E-state index contributed by atoms with van der Waals surface area (Å²) in [4.78, 5) is 0. The van der Waals surface area contributed by atoms with E-state index in [9.17, 15) is 8.42 Å². The van der Waals surface area contributed by atoms with Gasteiger partial charge in [0.25, 0.3) is 0 Å². The van der Waals surface area contributed by atoms with Crippen molar-refractivity contribution in [2.45, 2.75) is 18.6 Å². The average molecular weight is 251 g/mol. The van der Waals surface area contributed by atoms with Crippen molar-refractivity contribution in [3.05, 3.63) is 23.8 Å². The van der Waals surface area contributed by atoms with Crippen molar-refractivity contribution < 1.29 is 8.42 Å². The smallest absolute Gasteiger partial charge is 0.211 e. The van der Waals surface area contributed by atoms with Crippen LogP contribution in [0.2, 0.25) is 0 Å². The van der Waals surface area contributed by atoms with Crippen LogP contribution < -0.4 is 4.72 Å². The van der Waals surface area contributed by atoms with Crippen molar-refractivity contribution in [1.29, 1.82) is 10.5 Å². The highest BCUT2D eigenvalue weighted by molar-refractivity contribution is 7.91. The third-order valence-corrected chi connectivity index (χ3v) is 5.25. The van der Waals surface area contributed by atoms with Gasteiger partial charge in [0.1, 0.15) is 4.75 Å². The molecule has 0 fully saturated rings. The molecule has 0 aliphatic heterocycles. The molecule has 0 aromatic heterocycles. The van der Waals surface area contributed by atoms with E-state index in [1.54, 1.807) is 25.1 Å². The largest absolute Gasteiger partial charge is 0.222 e. The lowest BCUT2D eigenvalue weighted by molar-refractivity contribution is 0.497. The minimum absolute atomic E-state index is 0.274. The molecular weight excluding hydrogens is 238 g/mol. The van der Waals surface area contributed by atoms with Gasteiger partial charge in [-0.3, -0.25) is 0 Å². The third-order valence-electron chi connectivity index (χ3n) is 3.08. The lowest BCUT2D eigenvalue weighted by Gasteiger charge is -2.33. The molecule has 0 aromatic carbocycles. The molecule has 5 nitrogen and oxygen atoms in total. The van der Waals surface area contributed by atoms with Crippen molar-refractivity contribution in [1.82, 2.24) is 4.72 Å². The van der Waals surface area contributed by atoms with Crippen LogP contribution in [0, 0.1) is 28.6 Å². The molecule has 0 amide bonds. The summed E-state index contributed by atoms with van der Waals surface area (Å²) in [5.41, 5.74) is 0.414. The number of nitrogens with one attached hydrogen (secondary N) is 1. The number of sulfonamides is 1. The molecule has 0 radical (unpaired) electrons. The first-order chi connectivity index (χ1) is 7.89. The molecule has 17 heavy (non-hydrogen) atoms. The van der Waals surface area contributed by atoms with E-state index in [1.165, 1.54) is 13.0 Å². The van der Waals surface area contributed by atoms with Gasteiger partial charge in [-0.25, -0.2) is 13.1 Å². The van der Waals surface area contributed by atoms with Crippen LogP contribution in [0.1, 0.15) is 13.8 Å². The summed E-state index contributed by atoms with van der Waals surface area (Å²) in [7, 11) is -3.69. The molecule has 0 aromatic rings. The molecule has 1 aliphatic carbocycles. The van der Waals surface area contributed by atoms with E-state index in [0.29, 0.717) is 5.57 Å². The number of rotatable bonds is 3. The van der Waals surface area contributed by atoms with E-state index in [1.807, 2.05) is 6.07 Å². The fourth-order valence-corrected chi connectivity index (χ4v) is 3.10. The second-order valence-corrected chi connectivity index (χ2v) is 6.16. The minimum Gasteiger partial charge on any atom is -0.211 e. The summed E-state index contributed by atoms with van der Waals surface area (Å²) in [6.07, 6.45) is 4.70. The molecule has 0 saturated carbocycles. The maximum Gasteiger partial charge on any atom is 0.222 e. The van der Waals surface area contributed by atoms with Crippen LogP contribution >= 0.6 is 0 Å². The Balaban J connectivity index is 3.15. The van der Waals surface area contributed by atoms with Crippen molar-refractivity contribution in [3.63, 3.8) is 0 Å². The van der Waals surface area contributed by atoms with Crippen molar-refractivity contribution in [3.8, 4) is 12.1 Å². The van der Waals surface area contributed by atoms with Crippen LogP contribution in [0.3, 0.4) is 0 Å². The van der Waals surface area contributed by atoms with Gasteiger partial charge in [-0.05, 0) is 13.0 Å². The van der Waals surface area contributed by atoms with Crippen LogP contribution in [-0.2, 0) is 10.0 Å². The molecule has 0 spiro atoms. The SMILES string of the molecule is CC1C(C#N)=CC=CC1(C)S(=O)(=O)NCC#N. The summed E-state index contributed by atoms with van der Waals surface area (Å²) in [6.45, 7) is 2.95. The maximum absolute atomic E-state index is 12.1. The highest BCUT2D eigenvalue weighted by Crippen LogP contribution is 2.35. The lowest BCUT2D eigenvalue weighted by Crippen LogP contribution is -2.48. The summed E-state index contributed by atoms with van der Waals surface area (Å²) >= 11 is 0. The number of nitriles is 2. The van der Waals surface area contributed by atoms with E-state index in [4.69, 9.17) is 10.5 Å². The van der Waals surface area contributed by atoms with Gasteiger partial charge in [-0.2, -0.15) is 10.5 Å². The average Bonchev–Trinajstić information content (AvgIpc) is 2.30. The van der Waals surface area contributed by atoms with Crippen molar-refractivity contribution >= 4 is 10.0 Å². The lowest BCUT2D eigenvalue weighted by atomic mass is 9.84. The van der Waals surface area contributed by atoms with Crippen molar-refractivity contribution in [2.24, 2.45) is 5.92 Å². The van der Waals surface area contributed by atoms with Gasteiger partial charge in [0, 0.05) is 11.5 Å². The first-order valence-electron chi connectivity index (χ1n) is 5.04. The molecule has 2 unspecified atom stereocenters. The van der Waals surface area contributed by atoms with Crippen LogP contribution in [0.25, 0.3) is 0 Å². The van der Waals surface area contributed by atoms with Crippen LogP contribution in [-0.4, -0.2) is 19.7 Å². The topological polar surface area (TPSA) is 93.8 Å². The molecule has 2 atom stereocenters. The number of hydrogen-bond donors (Lipinski definition) is 1. The first-order valence-corrected chi connectivity index (χ1v) is 6.53.